The van der Waals surface area contributed by atoms with E-state index in [2.05, 4.69) is 25.6 Å². The molecule has 11 heteroatoms. The van der Waals surface area contributed by atoms with Crippen molar-refractivity contribution in [2.24, 2.45) is 13.0 Å². The normalized spacial score (nSPS) is 19.7. The summed E-state index contributed by atoms with van der Waals surface area (Å²) in [4.78, 5) is 38.4. The van der Waals surface area contributed by atoms with Gasteiger partial charge in [-0.25, -0.2) is 14.4 Å². The van der Waals surface area contributed by atoms with Crippen LogP contribution in [0.1, 0.15) is 31.5 Å². The lowest BCUT2D eigenvalue weighted by molar-refractivity contribution is -0.118. The number of halogens is 1. The van der Waals surface area contributed by atoms with E-state index < -0.39 is 5.82 Å². The minimum Gasteiger partial charge on any atom is -0.478 e. The van der Waals surface area contributed by atoms with Crippen molar-refractivity contribution in [3.63, 3.8) is 0 Å². The van der Waals surface area contributed by atoms with E-state index in [0.717, 1.165) is 25.7 Å². The van der Waals surface area contributed by atoms with Crippen molar-refractivity contribution in [1.29, 1.82) is 0 Å². The largest absolute Gasteiger partial charge is 0.478 e. The minimum absolute atomic E-state index is 0.0193. The van der Waals surface area contributed by atoms with Gasteiger partial charge in [-0.3, -0.25) is 14.6 Å². The Balaban J connectivity index is 1.18. The van der Waals surface area contributed by atoms with Gasteiger partial charge in [-0.05, 0) is 37.7 Å². The van der Waals surface area contributed by atoms with Gasteiger partial charge in [0.05, 0.1) is 30.0 Å². The van der Waals surface area contributed by atoms with Crippen LogP contribution in [-0.2, 0) is 18.4 Å². The van der Waals surface area contributed by atoms with Gasteiger partial charge in [0.2, 0.25) is 0 Å². The average Bonchev–Trinajstić information content (AvgIpc) is 2.85. The zero-order chi connectivity index (χ0) is 24.5. The summed E-state index contributed by atoms with van der Waals surface area (Å²) >= 11 is 0. The fraction of sp³-hybridized carbons (Fsp3) is 0.458. The monoisotopic (exact) mass is 481 g/mol. The second kappa shape index (κ2) is 9.57. The predicted molar refractivity (Wildman–Crippen MR) is 129 cm³/mol. The number of anilines is 2. The van der Waals surface area contributed by atoms with Crippen LogP contribution in [0, 0.1) is 11.7 Å². The molecule has 0 radical (unpaired) electrons. The molecule has 2 aliphatic rings. The predicted octanol–water partition coefficient (Wildman–Crippen LogP) is 1.98. The molecule has 1 aliphatic heterocycles. The summed E-state index contributed by atoms with van der Waals surface area (Å²) < 4.78 is 21.6. The van der Waals surface area contributed by atoms with E-state index in [9.17, 15) is 14.0 Å². The van der Waals surface area contributed by atoms with Gasteiger partial charge in [0.1, 0.15) is 11.5 Å². The van der Waals surface area contributed by atoms with Crippen LogP contribution in [0.25, 0.3) is 11.0 Å². The molecule has 3 aromatic heterocycles. The first-order valence-electron chi connectivity index (χ1n) is 11.8. The molecule has 3 aromatic rings. The number of hydrogen-bond donors (Lipinski definition) is 2. The lowest BCUT2D eigenvalue weighted by Gasteiger charge is -2.33. The van der Waals surface area contributed by atoms with Crippen LogP contribution in [-0.4, -0.2) is 51.7 Å². The molecule has 0 atom stereocenters. The zero-order valence-corrected chi connectivity index (χ0v) is 19.8. The molecule has 1 aliphatic carbocycles. The first-order chi connectivity index (χ1) is 16.9. The van der Waals surface area contributed by atoms with Crippen LogP contribution in [0.3, 0.4) is 0 Å². The molecule has 35 heavy (non-hydrogen) atoms. The van der Waals surface area contributed by atoms with Gasteiger partial charge < -0.3 is 24.8 Å². The number of nitrogens with zero attached hydrogens (tertiary/aromatic N) is 5. The number of pyridine rings is 2. The number of aromatic nitrogens is 4. The molecule has 1 fully saturated rings. The quantitative estimate of drug-likeness (QED) is 0.549. The van der Waals surface area contributed by atoms with Crippen molar-refractivity contribution in [1.82, 2.24) is 24.8 Å². The number of rotatable bonds is 6. The Morgan fingerprint density at radius 1 is 1.20 bits per heavy atom. The van der Waals surface area contributed by atoms with Crippen molar-refractivity contribution in [3.05, 3.63) is 46.5 Å². The SMILES string of the molecule is CN(C[C@H]1CC[C@H](NCc2ncc3c(n2)NC(=O)CO3)CC1)c1c(F)cnc2ccc(=O)n(C)c12. The maximum Gasteiger partial charge on any atom is 0.263 e. The third kappa shape index (κ3) is 4.81. The Morgan fingerprint density at radius 3 is 2.80 bits per heavy atom. The first kappa shape index (κ1) is 23.2. The molecule has 1 amide bonds. The van der Waals surface area contributed by atoms with Crippen LogP contribution < -0.4 is 25.8 Å². The molecule has 2 N–H and O–H groups in total. The number of hydrogen-bond acceptors (Lipinski definition) is 8. The van der Waals surface area contributed by atoms with E-state index in [1.165, 1.54) is 16.8 Å². The summed E-state index contributed by atoms with van der Waals surface area (Å²) in [5.74, 6) is 1.25. The molecule has 0 aromatic carbocycles. The smallest absolute Gasteiger partial charge is 0.263 e. The number of carbonyl (C=O) groups is 1. The molecule has 5 rings (SSSR count). The van der Waals surface area contributed by atoms with Gasteiger partial charge in [0, 0.05) is 32.7 Å². The van der Waals surface area contributed by atoms with Crippen molar-refractivity contribution >= 4 is 28.4 Å². The Morgan fingerprint density at radius 2 is 2.00 bits per heavy atom. The second-order valence-corrected chi connectivity index (χ2v) is 9.23. The highest BCUT2D eigenvalue weighted by Gasteiger charge is 2.25. The Hall–Kier alpha value is -3.60. The Kier molecular flexibility index (Phi) is 6.33. The summed E-state index contributed by atoms with van der Waals surface area (Å²) in [6, 6.07) is 3.42. The van der Waals surface area contributed by atoms with E-state index in [1.54, 1.807) is 19.3 Å². The maximum atomic E-state index is 14.8. The van der Waals surface area contributed by atoms with Crippen LogP contribution >= 0.6 is 0 Å². The number of nitrogens with one attached hydrogen (secondary N) is 2. The lowest BCUT2D eigenvalue weighted by Crippen LogP contribution is -2.36. The number of carbonyl (C=O) groups excluding carboxylic acids is 1. The zero-order valence-electron chi connectivity index (χ0n) is 19.8. The van der Waals surface area contributed by atoms with Crippen LogP contribution in [0.15, 0.2) is 29.3 Å². The number of amides is 1. The molecular weight excluding hydrogens is 453 g/mol. The van der Waals surface area contributed by atoms with Gasteiger partial charge in [-0.1, -0.05) is 0 Å². The number of aryl methyl sites for hydroxylation is 1. The summed E-state index contributed by atoms with van der Waals surface area (Å²) in [7, 11) is 3.52. The van der Waals surface area contributed by atoms with E-state index in [-0.39, 0.29) is 18.1 Å². The van der Waals surface area contributed by atoms with E-state index in [1.807, 2.05) is 11.9 Å². The summed E-state index contributed by atoms with van der Waals surface area (Å²) in [6.45, 7) is 1.18. The van der Waals surface area contributed by atoms with Crippen LogP contribution in [0.5, 0.6) is 5.75 Å². The maximum absolute atomic E-state index is 14.8. The van der Waals surface area contributed by atoms with Gasteiger partial charge in [0.25, 0.3) is 11.5 Å². The Labute approximate surface area is 201 Å². The summed E-state index contributed by atoms with van der Waals surface area (Å²) in [6.07, 6.45) is 6.78. The fourth-order valence-corrected chi connectivity index (χ4v) is 4.93. The van der Waals surface area contributed by atoms with Gasteiger partial charge in [0.15, 0.2) is 24.0 Å². The summed E-state index contributed by atoms with van der Waals surface area (Å²) in [5.41, 5.74) is 1.33. The van der Waals surface area contributed by atoms with E-state index in [0.29, 0.717) is 59.2 Å². The lowest BCUT2D eigenvalue weighted by atomic mass is 9.85. The highest BCUT2D eigenvalue weighted by atomic mass is 19.1. The molecule has 4 heterocycles. The summed E-state index contributed by atoms with van der Waals surface area (Å²) in [5, 5.41) is 6.21. The molecule has 1 saturated carbocycles. The van der Waals surface area contributed by atoms with Crippen molar-refractivity contribution < 1.29 is 13.9 Å². The topological polar surface area (TPSA) is 114 Å². The van der Waals surface area contributed by atoms with Crippen molar-refractivity contribution in [3.8, 4) is 5.75 Å². The minimum atomic E-state index is -0.428. The molecule has 10 nitrogen and oxygen atoms in total. The molecule has 0 bridgehead atoms. The fourth-order valence-electron chi connectivity index (χ4n) is 4.93. The molecule has 0 spiro atoms. The third-order valence-corrected chi connectivity index (χ3v) is 6.79. The number of ether oxygens (including phenoxy) is 1. The first-order valence-corrected chi connectivity index (χ1v) is 11.8. The van der Waals surface area contributed by atoms with Gasteiger partial charge in [-0.2, -0.15) is 0 Å². The second-order valence-electron chi connectivity index (χ2n) is 9.23. The standard InChI is InChI=1S/C24H28FN7O3/c1-31(22-16(25)9-27-17-7-8-21(34)32(2)23(17)22)12-14-3-5-15(6-4-14)26-11-19-28-10-18-24(29-19)30-20(33)13-35-18/h7-10,14-15,26H,3-6,11-13H2,1-2H3,(H,28,29,30,33)/t14-,15-. The van der Waals surface area contributed by atoms with Crippen molar-refractivity contribution in [2.75, 3.05) is 30.4 Å². The van der Waals surface area contributed by atoms with Crippen LogP contribution in [0.4, 0.5) is 15.9 Å². The molecule has 0 unspecified atom stereocenters. The molecule has 0 saturated heterocycles. The van der Waals surface area contributed by atoms with Crippen molar-refractivity contribution in [2.45, 2.75) is 38.3 Å². The van der Waals surface area contributed by atoms with Crippen LogP contribution in [0.2, 0.25) is 0 Å². The highest BCUT2D eigenvalue weighted by molar-refractivity contribution is 5.94. The average molecular weight is 482 g/mol. The van der Waals surface area contributed by atoms with E-state index >= 15 is 0 Å². The Bertz CT molecular complexity index is 1320. The molecule has 184 valence electrons. The van der Waals surface area contributed by atoms with Gasteiger partial charge >= 0.3 is 0 Å². The van der Waals surface area contributed by atoms with E-state index in [4.69, 9.17) is 4.74 Å². The highest BCUT2D eigenvalue weighted by Crippen LogP contribution is 2.31. The number of fused-ring (bicyclic) bond motifs is 2. The molecular formula is C24H28FN7O3. The third-order valence-electron chi connectivity index (χ3n) is 6.79. The van der Waals surface area contributed by atoms with Gasteiger partial charge in [-0.15, -0.1) is 0 Å².